The Kier molecular flexibility index (Phi) is 36.4. The minimum Gasteiger partial charge on any atom is -0.488 e. The molecule has 0 aliphatic rings. The maximum atomic E-state index is 10.8. The van der Waals surface area contributed by atoms with Gasteiger partial charge in [-0.25, -0.2) is 0 Å². The molecule has 1 atom stereocenters. The van der Waals surface area contributed by atoms with E-state index in [1.165, 1.54) is 73.4 Å². The van der Waals surface area contributed by atoms with E-state index in [9.17, 15) is 15.3 Å². The van der Waals surface area contributed by atoms with Gasteiger partial charge in [0, 0.05) is 0 Å². The van der Waals surface area contributed by atoms with E-state index < -0.39 is 17.3 Å². The van der Waals surface area contributed by atoms with Crippen LogP contribution in [0.1, 0.15) is 174 Å². The van der Waals surface area contributed by atoms with E-state index >= 15 is 0 Å². The van der Waals surface area contributed by atoms with Crippen molar-refractivity contribution in [3.8, 4) is 28.7 Å². The zero-order chi connectivity index (χ0) is 95.6. The van der Waals surface area contributed by atoms with Gasteiger partial charge in [0.1, 0.15) is 56.8 Å². The summed E-state index contributed by atoms with van der Waals surface area (Å²) in [4.78, 5) is 19.1. The molecule has 0 radical (unpaired) electrons. The number of rotatable bonds is 25. The summed E-state index contributed by atoms with van der Waals surface area (Å²) in [5.41, 5.74) is 0.272. The predicted octanol–water partition coefficient (Wildman–Crippen LogP) is 31.1. The van der Waals surface area contributed by atoms with E-state index in [0.29, 0.717) is 0 Å². The first-order valence-electron chi connectivity index (χ1n) is 45.7. The highest BCUT2D eigenvalue weighted by Crippen LogP contribution is 2.41. The summed E-state index contributed by atoms with van der Waals surface area (Å²) in [6.45, 7) is 40.5. The quantitative estimate of drug-likeness (QED) is 0.0486. The third-order valence-electron chi connectivity index (χ3n) is 20.5. The van der Waals surface area contributed by atoms with Crippen molar-refractivity contribution in [1.29, 1.82) is 0 Å². The van der Waals surface area contributed by atoms with Gasteiger partial charge >= 0.3 is 0 Å². The molecule has 0 aromatic heterocycles. The summed E-state index contributed by atoms with van der Waals surface area (Å²) < 4.78 is 30.1. The molecule has 13 heteroatoms. The largest absolute Gasteiger partial charge is 0.488 e. The maximum Gasteiger partial charge on any atom is 0.166 e. The van der Waals surface area contributed by atoms with E-state index in [1.54, 1.807) is 6.92 Å². The standard InChI is InChI=1S/C30H39O3S.C26H31O2S.C23H25OS.C21H21OS.C20H19OS/c1-28(2,3)31-22-10-16-25(17-11-22)34(26-18-12-23(13-19-26)32-29(4,5)6)27-20-14-24(15-21-27)33-30(7,8)9;1-25(2,3)27-20-12-16-23(17-13-20)29(22-10-8-7-9-11-22)24-18-14-21(15-19-24)28-26(4,5)6;1-3-23(24,4-2)19-15-17-22(18-16-19)25(20-11-7-5-8-12-20)21-13-9-6-10-14-21;1-21(2,22)17-13-15-20(16-14-17)23(18-9-5-3-6-10-18)19-11-7-4-8-12-19;1-16(21)17-12-14-20(15-13-17)22(18-8-4-2-5-9-18)19-10-6-3-7-11-19/h10-21H,1-9H3;7-19H,1-6H3;5-18,24H,3-4H2,1-2H3;3-16,22H,1-2H3;2-16,21H,1H3/q5*+1. The molecule has 688 valence electrons. The zero-order valence-electron chi connectivity index (χ0n) is 81.1. The van der Waals surface area contributed by atoms with E-state index in [4.69, 9.17) is 23.7 Å². The molecule has 0 aliphatic carbocycles. The number of aliphatic hydroxyl groups excluding tert-OH is 1. The molecular weight excluding hydrogens is 1730 g/mol. The van der Waals surface area contributed by atoms with E-state index in [1.807, 2.05) is 76.2 Å². The summed E-state index contributed by atoms with van der Waals surface area (Å²) in [7, 11) is -0.848. The van der Waals surface area contributed by atoms with Crippen LogP contribution in [0.2, 0.25) is 0 Å². The molecule has 0 aliphatic heterocycles. The topological polar surface area (TPSA) is 107 Å². The van der Waals surface area contributed by atoms with Gasteiger partial charge in [-0.05, 0) is 397 Å². The fraction of sp³-hybridized carbons (Fsp3) is 0.250. The summed E-state index contributed by atoms with van der Waals surface area (Å²) in [6.07, 6.45) is 1.03. The molecule has 15 aromatic carbocycles. The molecule has 0 heterocycles. The molecule has 3 N–H and O–H groups in total. The fourth-order valence-corrected chi connectivity index (χ4v) is 24.7. The third-order valence-corrected chi connectivity index (χ3v) is 31.6. The summed E-state index contributed by atoms with van der Waals surface area (Å²) in [5.74, 6) is 4.42. The lowest BCUT2D eigenvalue weighted by atomic mass is 9.89. The second-order valence-electron chi connectivity index (χ2n) is 37.7. The van der Waals surface area contributed by atoms with Crippen LogP contribution in [0.3, 0.4) is 0 Å². The van der Waals surface area contributed by atoms with Crippen LogP contribution in [0.5, 0.6) is 28.7 Å². The summed E-state index contributed by atoms with van der Waals surface area (Å²) in [6, 6.07) is 142. The number of benzene rings is 15. The molecule has 0 saturated heterocycles. The zero-order valence-corrected chi connectivity index (χ0v) is 85.2. The molecule has 8 nitrogen and oxygen atoms in total. The first-order chi connectivity index (χ1) is 63.3. The van der Waals surface area contributed by atoms with Crippen molar-refractivity contribution in [3.05, 3.63) is 423 Å². The summed E-state index contributed by atoms with van der Waals surface area (Å²) in [5, 5.41) is 30.6. The van der Waals surface area contributed by atoms with Crippen molar-refractivity contribution in [2.45, 2.75) is 270 Å². The highest BCUT2D eigenvalue weighted by Gasteiger charge is 2.36. The van der Waals surface area contributed by atoms with Gasteiger partial charge in [-0.15, -0.1) is 0 Å². The van der Waals surface area contributed by atoms with Crippen molar-refractivity contribution in [3.63, 3.8) is 0 Å². The molecule has 0 saturated carbocycles. The van der Waals surface area contributed by atoms with Crippen LogP contribution in [0.25, 0.3) is 0 Å². The van der Waals surface area contributed by atoms with Crippen molar-refractivity contribution in [2.75, 3.05) is 0 Å². The number of hydrogen-bond donors (Lipinski definition) is 3. The van der Waals surface area contributed by atoms with Gasteiger partial charge in [-0.2, -0.15) is 0 Å². The van der Waals surface area contributed by atoms with Crippen molar-refractivity contribution in [2.24, 2.45) is 0 Å². The molecule has 15 rings (SSSR count). The lowest BCUT2D eigenvalue weighted by Gasteiger charge is -2.25. The molecule has 1 unspecified atom stereocenters. The Hall–Kier alpha value is -11.1. The number of aliphatic hydroxyl groups is 3. The maximum absolute atomic E-state index is 10.8. The first kappa shape index (κ1) is 102. The number of ether oxygens (including phenoxy) is 5. The second-order valence-corrected chi connectivity index (χ2v) is 47.9. The third kappa shape index (κ3) is 31.8. The Morgan fingerprint density at radius 1 is 0.203 bits per heavy atom. The molecule has 133 heavy (non-hydrogen) atoms. The Morgan fingerprint density at radius 3 is 0.489 bits per heavy atom. The van der Waals surface area contributed by atoms with Crippen LogP contribution in [0.15, 0.2) is 480 Å². The van der Waals surface area contributed by atoms with Crippen molar-refractivity contribution >= 4 is 54.5 Å². The molecule has 0 fully saturated rings. The Bertz CT molecular complexity index is 5580. The molecule has 0 bridgehead atoms. The van der Waals surface area contributed by atoms with E-state index in [2.05, 4.69) is 462 Å². The van der Waals surface area contributed by atoms with Gasteiger partial charge in [0.15, 0.2) is 73.4 Å². The smallest absolute Gasteiger partial charge is 0.166 e. The second kappa shape index (κ2) is 47.2. The van der Waals surface area contributed by atoms with Gasteiger partial charge in [-0.1, -0.05) is 178 Å². The Labute approximate surface area is 809 Å². The van der Waals surface area contributed by atoms with Crippen LogP contribution in [-0.4, -0.2) is 43.3 Å². The van der Waals surface area contributed by atoms with Gasteiger partial charge in [0.05, 0.1) is 71.8 Å². The predicted molar refractivity (Wildman–Crippen MR) is 560 cm³/mol. The molecule has 0 spiro atoms. The van der Waals surface area contributed by atoms with E-state index in [-0.39, 0.29) is 82.5 Å². The lowest BCUT2D eigenvalue weighted by Crippen LogP contribution is -2.23. The number of hydrogen-bond acceptors (Lipinski definition) is 8. The van der Waals surface area contributed by atoms with Gasteiger partial charge in [0.25, 0.3) is 0 Å². The minimum absolute atomic E-state index is 0.118. The highest BCUT2D eigenvalue weighted by molar-refractivity contribution is 7.98. The van der Waals surface area contributed by atoms with Crippen molar-refractivity contribution < 1.29 is 39.0 Å². The normalized spacial score (nSPS) is 12.1. The highest BCUT2D eigenvalue weighted by atomic mass is 32.2. The molecule has 0 amide bonds. The summed E-state index contributed by atoms with van der Waals surface area (Å²) >= 11 is 0. The minimum atomic E-state index is -0.809. The Balaban J connectivity index is 0.000000161. The van der Waals surface area contributed by atoms with Gasteiger partial charge in [0.2, 0.25) is 0 Å². The lowest BCUT2D eigenvalue weighted by molar-refractivity contribution is 0.0283. The van der Waals surface area contributed by atoms with Gasteiger partial charge in [-0.3, -0.25) is 0 Å². The monoisotopic (exact) mass is 1860 g/mol. The van der Waals surface area contributed by atoms with Crippen LogP contribution < -0.4 is 23.7 Å². The SMILES string of the molecule is CC(C)(C)Oc1ccc([S+](c2ccc(OC(C)(C)C)cc2)c2ccc(OC(C)(C)C)cc2)cc1.CC(C)(C)Oc1ccc([S+](c2ccccc2)c2ccc(OC(C)(C)C)cc2)cc1.CC(C)(O)c1ccc([S+](c2ccccc2)c2ccccc2)cc1.CC(O)c1ccc([S+](c2ccccc2)c2ccccc2)cc1.CCC(O)(CC)c1ccc([S+](c2ccccc2)c2ccccc2)cc1. The first-order valence-corrected chi connectivity index (χ1v) is 51.9. The Morgan fingerprint density at radius 2 is 0.346 bits per heavy atom. The van der Waals surface area contributed by atoms with Crippen LogP contribution >= 0.6 is 0 Å². The molecular formula is C120H135O8S5+5. The molecule has 15 aromatic rings. The fourth-order valence-electron chi connectivity index (χ4n) is 14.4. The van der Waals surface area contributed by atoms with Crippen molar-refractivity contribution in [1.82, 2.24) is 0 Å². The average molecular weight is 1870 g/mol. The van der Waals surface area contributed by atoms with Crippen LogP contribution in [0.4, 0.5) is 0 Å². The average Bonchev–Trinajstić information content (AvgIpc) is 0.791. The van der Waals surface area contributed by atoms with Crippen LogP contribution in [0, 0.1) is 0 Å². The van der Waals surface area contributed by atoms with Gasteiger partial charge < -0.3 is 39.0 Å². The van der Waals surface area contributed by atoms with E-state index in [0.717, 1.165) is 58.3 Å². The van der Waals surface area contributed by atoms with Crippen LogP contribution in [-0.2, 0) is 65.7 Å².